The zero-order valence-electron chi connectivity index (χ0n) is 12.4. The Morgan fingerprint density at radius 2 is 2.05 bits per heavy atom. The summed E-state index contributed by atoms with van der Waals surface area (Å²) >= 11 is 0. The second kappa shape index (κ2) is 6.55. The van der Waals surface area contributed by atoms with E-state index >= 15 is 0 Å². The number of nitrogens with one attached hydrogen (secondary N) is 1. The standard InChI is InChI=1S/C16H21NO2/c1-12(2)17-10-14(18)11-19-16-9-5-7-13-6-3-4-8-15(13)16/h3-9,12,14,17-18H,10-11H2,1-2H3/t14-/m0/s1/i7T. The minimum Gasteiger partial charge on any atom is -0.490 e. The molecule has 0 aliphatic rings. The SMILES string of the molecule is [3H]c1ccc(OC[C@@H](O)CNC(C)C)c2ccccc12. The summed E-state index contributed by atoms with van der Waals surface area (Å²) < 4.78 is 13.6. The molecule has 0 bridgehead atoms. The molecule has 19 heavy (non-hydrogen) atoms. The average Bonchev–Trinajstić information content (AvgIpc) is 2.45. The van der Waals surface area contributed by atoms with Gasteiger partial charge in [-0.05, 0) is 11.5 Å². The second-order valence-electron chi connectivity index (χ2n) is 4.92. The van der Waals surface area contributed by atoms with E-state index in [1.165, 1.54) is 0 Å². The van der Waals surface area contributed by atoms with Crippen LogP contribution in [0, 0.1) is 0 Å². The van der Waals surface area contributed by atoms with Gasteiger partial charge in [-0.15, -0.1) is 0 Å². The predicted octanol–water partition coefficient (Wildman–Crippen LogP) is 2.58. The highest BCUT2D eigenvalue weighted by Crippen LogP contribution is 2.25. The van der Waals surface area contributed by atoms with E-state index in [1.54, 1.807) is 12.1 Å². The van der Waals surface area contributed by atoms with Crippen molar-refractivity contribution < 1.29 is 11.2 Å². The van der Waals surface area contributed by atoms with Crippen LogP contribution in [0.15, 0.2) is 42.4 Å². The predicted molar refractivity (Wildman–Crippen MR) is 78.6 cm³/mol. The number of aliphatic hydroxyl groups is 1. The van der Waals surface area contributed by atoms with Gasteiger partial charge in [0.15, 0.2) is 0 Å². The molecule has 2 aromatic carbocycles. The van der Waals surface area contributed by atoms with Gasteiger partial charge in [0, 0.05) is 18.0 Å². The Morgan fingerprint density at radius 3 is 2.84 bits per heavy atom. The first-order valence-corrected chi connectivity index (χ1v) is 6.60. The quantitative estimate of drug-likeness (QED) is 0.839. The van der Waals surface area contributed by atoms with Gasteiger partial charge in [-0.1, -0.05) is 50.2 Å². The van der Waals surface area contributed by atoms with Gasteiger partial charge < -0.3 is 15.2 Å². The third-order valence-corrected chi connectivity index (χ3v) is 2.86. The Kier molecular flexibility index (Phi) is 4.29. The van der Waals surface area contributed by atoms with Gasteiger partial charge in [0.05, 0.1) is 1.37 Å². The van der Waals surface area contributed by atoms with E-state index in [0.29, 0.717) is 24.4 Å². The summed E-state index contributed by atoms with van der Waals surface area (Å²) in [6.45, 7) is 4.81. The van der Waals surface area contributed by atoms with Crippen LogP contribution >= 0.6 is 0 Å². The highest BCUT2D eigenvalue weighted by Gasteiger charge is 2.07. The van der Waals surface area contributed by atoms with Crippen LogP contribution in [0.2, 0.25) is 0 Å². The van der Waals surface area contributed by atoms with Crippen LogP contribution in [0.1, 0.15) is 15.2 Å². The highest BCUT2D eigenvalue weighted by atomic mass is 16.5. The summed E-state index contributed by atoms with van der Waals surface area (Å²) in [5, 5.41) is 14.8. The maximum Gasteiger partial charge on any atom is 0.127 e. The first-order chi connectivity index (χ1) is 9.58. The van der Waals surface area contributed by atoms with Gasteiger partial charge in [0.25, 0.3) is 0 Å². The number of hydrogen-bond acceptors (Lipinski definition) is 3. The van der Waals surface area contributed by atoms with Crippen LogP contribution in [-0.2, 0) is 0 Å². The van der Waals surface area contributed by atoms with Gasteiger partial charge in [0.2, 0.25) is 0 Å². The summed E-state index contributed by atoms with van der Waals surface area (Å²) in [5.74, 6) is 0.709. The van der Waals surface area contributed by atoms with Crippen molar-refractivity contribution in [2.45, 2.75) is 26.0 Å². The molecule has 0 unspecified atom stereocenters. The molecule has 3 nitrogen and oxygen atoms in total. The fourth-order valence-corrected chi connectivity index (χ4v) is 1.86. The summed E-state index contributed by atoms with van der Waals surface area (Å²) in [4.78, 5) is 0. The van der Waals surface area contributed by atoms with Gasteiger partial charge in [-0.25, -0.2) is 0 Å². The molecule has 0 amide bonds. The Hall–Kier alpha value is -1.58. The zero-order valence-corrected chi connectivity index (χ0v) is 11.4. The molecule has 102 valence electrons. The number of rotatable bonds is 6. The van der Waals surface area contributed by atoms with E-state index in [9.17, 15) is 5.11 Å². The molecule has 0 aliphatic carbocycles. The molecule has 2 aromatic rings. The molecule has 3 heteroatoms. The molecule has 0 spiro atoms. The van der Waals surface area contributed by atoms with Gasteiger partial charge in [0.1, 0.15) is 18.5 Å². The van der Waals surface area contributed by atoms with Crippen molar-refractivity contribution in [2.24, 2.45) is 0 Å². The number of fused-ring (bicyclic) bond motifs is 1. The fraction of sp³-hybridized carbons (Fsp3) is 0.375. The van der Waals surface area contributed by atoms with Gasteiger partial charge in [-0.2, -0.15) is 0 Å². The molecule has 0 saturated heterocycles. The van der Waals surface area contributed by atoms with E-state index < -0.39 is 6.10 Å². The van der Waals surface area contributed by atoms with Crippen molar-refractivity contribution in [1.82, 2.24) is 5.32 Å². The molecule has 0 fully saturated rings. The van der Waals surface area contributed by atoms with E-state index in [0.717, 1.165) is 10.8 Å². The van der Waals surface area contributed by atoms with Crippen LogP contribution in [0.4, 0.5) is 0 Å². The minimum absolute atomic E-state index is 0.237. The van der Waals surface area contributed by atoms with E-state index in [1.807, 2.05) is 38.1 Å². The lowest BCUT2D eigenvalue weighted by Crippen LogP contribution is -2.35. The molecule has 2 N–H and O–H groups in total. The van der Waals surface area contributed by atoms with Crippen LogP contribution < -0.4 is 10.1 Å². The third kappa shape index (κ3) is 3.94. The maximum absolute atomic E-state index is 9.86. The fourth-order valence-electron chi connectivity index (χ4n) is 1.86. The second-order valence-corrected chi connectivity index (χ2v) is 4.92. The molecule has 1 atom stereocenters. The molecule has 0 aliphatic heterocycles. The van der Waals surface area contributed by atoms with Crippen molar-refractivity contribution in [3.63, 3.8) is 0 Å². The van der Waals surface area contributed by atoms with Crippen molar-refractivity contribution in [3.8, 4) is 5.75 Å². The van der Waals surface area contributed by atoms with E-state index in [-0.39, 0.29) is 6.61 Å². The third-order valence-electron chi connectivity index (χ3n) is 2.86. The average molecular weight is 261 g/mol. The number of ether oxygens (including phenoxy) is 1. The Labute approximate surface area is 115 Å². The molecule has 2 rings (SSSR count). The Morgan fingerprint density at radius 1 is 1.26 bits per heavy atom. The highest BCUT2D eigenvalue weighted by molar-refractivity contribution is 5.88. The Balaban J connectivity index is 2.05. The van der Waals surface area contributed by atoms with E-state index in [2.05, 4.69) is 5.32 Å². The molecular weight excluding hydrogens is 238 g/mol. The van der Waals surface area contributed by atoms with Crippen molar-refractivity contribution in [2.75, 3.05) is 13.2 Å². The van der Waals surface area contributed by atoms with E-state index in [4.69, 9.17) is 6.11 Å². The lowest BCUT2D eigenvalue weighted by Gasteiger charge is -2.15. The summed E-state index contributed by atoms with van der Waals surface area (Å²) in [6, 6.07) is 12.0. The summed E-state index contributed by atoms with van der Waals surface area (Å²) in [5.41, 5.74) is 0. The normalized spacial score (nSPS) is 13.6. The minimum atomic E-state index is -0.549. The lowest BCUT2D eigenvalue weighted by atomic mass is 10.1. The van der Waals surface area contributed by atoms with Crippen LogP contribution in [0.5, 0.6) is 5.75 Å². The first kappa shape index (κ1) is 12.5. The van der Waals surface area contributed by atoms with Crippen molar-refractivity contribution >= 4 is 10.8 Å². The topological polar surface area (TPSA) is 41.5 Å². The van der Waals surface area contributed by atoms with Crippen LogP contribution in [-0.4, -0.2) is 30.4 Å². The maximum atomic E-state index is 9.86. The van der Waals surface area contributed by atoms with Gasteiger partial charge >= 0.3 is 0 Å². The zero-order chi connectivity index (χ0) is 14.5. The smallest absolute Gasteiger partial charge is 0.127 e. The Bertz CT molecular complexity index is 571. The number of hydrogen-bond donors (Lipinski definition) is 2. The number of benzene rings is 2. The summed E-state index contributed by atoms with van der Waals surface area (Å²) in [7, 11) is 0. The summed E-state index contributed by atoms with van der Waals surface area (Å²) in [6.07, 6.45) is -0.549. The van der Waals surface area contributed by atoms with Crippen LogP contribution in [0.25, 0.3) is 10.8 Å². The van der Waals surface area contributed by atoms with Crippen molar-refractivity contribution in [1.29, 1.82) is 0 Å². The van der Waals surface area contributed by atoms with Crippen LogP contribution in [0.3, 0.4) is 0 Å². The molecule has 0 saturated carbocycles. The molecular formula is C16H21NO2. The number of aliphatic hydroxyl groups excluding tert-OH is 1. The molecule has 0 aromatic heterocycles. The lowest BCUT2D eigenvalue weighted by molar-refractivity contribution is 0.105. The molecule has 0 heterocycles. The van der Waals surface area contributed by atoms with Gasteiger partial charge in [-0.3, -0.25) is 0 Å². The largest absolute Gasteiger partial charge is 0.490 e. The van der Waals surface area contributed by atoms with Crippen molar-refractivity contribution in [3.05, 3.63) is 42.4 Å². The monoisotopic (exact) mass is 261 g/mol. The first-order valence-electron chi connectivity index (χ1n) is 7.10. The molecule has 0 radical (unpaired) electrons.